The van der Waals surface area contributed by atoms with E-state index in [-0.39, 0.29) is 0 Å². The van der Waals surface area contributed by atoms with Crippen molar-refractivity contribution in [1.82, 2.24) is 4.98 Å². The number of fused-ring (bicyclic) bond motifs is 1. The smallest absolute Gasteiger partial charge is 0.162 e. The summed E-state index contributed by atoms with van der Waals surface area (Å²) in [5, 5.41) is 0.911. The molecule has 0 unspecified atom stereocenters. The second-order valence-electron chi connectivity index (χ2n) is 3.50. The van der Waals surface area contributed by atoms with E-state index in [1.54, 1.807) is 17.6 Å². The van der Waals surface area contributed by atoms with Gasteiger partial charge < -0.3 is 10.2 Å². The molecule has 0 spiro atoms. The van der Waals surface area contributed by atoms with Gasteiger partial charge in [-0.3, -0.25) is 0 Å². The quantitative estimate of drug-likeness (QED) is 0.736. The van der Waals surface area contributed by atoms with E-state index in [9.17, 15) is 0 Å². The molecule has 3 nitrogen and oxygen atoms in total. The first-order valence-electron chi connectivity index (χ1n) is 5.00. The van der Waals surface area contributed by atoms with E-state index in [2.05, 4.69) is 11.1 Å². The highest BCUT2D eigenvalue weighted by Gasteiger charge is 2.08. The van der Waals surface area contributed by atoms with E-state index < -0.39 is 0 Å². The van der Waals surface area contributed by atoms with Gasteiger partial charge in [0.1, 0.15) is 0 Å². The lowest BCUT2D eigenvalue weighted by Gasteiger charge is -1.93. The first-order valence-corrected chi connectivity index (χ1v) is 5.82. The summed E-state index contributed by atoms with van der Waals surface area (Å²) in [7, 11) is 0. The molecular weight excluding hydrogens is 220 g/mol. The van der Waals surface area contributed by atoms with Crippen LogP contribution in [0.4, 0.5) is 0 Å². The van der Waals surface area contributed by atoms with Gasteiger partial charge in [0, 0.05) is 6.54 Å². The van der Waals surface area contributed by atoms with Crippen molar-refractivity contribution in [2.45, 2.75) is 6.54 Å². The Morgan fingerprint density at radius 3 is 3.00 bits per heavy atom. The normalized spacial score (nSPS) is 11.1. The number of nitrogens with zero attached hydrogens (tertiary/aromatic N) is 1. The summed E-state index contributed by atoms with van der Waals surface area (Å²) in [4.78, 5) is 4.53. The van der Waals surface area contributed by atoms with Crippen LogP contribution in [0.5, 0.6) is 0 Å². The van der Waals surface area contributed by atoms with Crippen LogP contribution in [0.15, 0.2) is 41.0 Å². The van der Waals surface area contributed by atoms with E-state index in [4.69, 9.17) is 10.2 Å². The summed E-state index contributed by atoms with van der Waals surface area (Å²) in [5.41, 5.74) is 7.69. The van der Waals surface area contributed by atoms with Crippen LogP contribution in [0.1, 0.15) is 5.56 Å². The van der Waals surface area contributed by atoms with Gasteiger partial charge in [-0.25, -0.2) is 4.98 Å². The molecule has 2 heterocycles. The number of thiazole rings is 1. The minimum atomic E-state index is 0.545. The third-order valence-corrected chi connectivity index (χ3v) is 3.47. The van der Waals surface area contributed by atoms with E-state index in [1.165, 1.54) is 0 Å². The van der Waals surface area contributed by atoms with Crippen molar-refractivity contribution >= 4 is 21.6 Å². The molecule has 0 fully saturated rings. The molecule has 1 aromatic carbocycles. The molecular formula is C12H10N2OS. The SMILES string of the molecule is NCc1ccc2sc(-c3ccco3)nc2c1. The van der Waals surface area contributed by atoms with E-state index >= 15 is 0 Å². The molecule has 0 bridgehead atoms. The Labute approximate surface area is 96.5 Å². The predicted octanol–water partition coefficient (Wildman–Crippen LogP) is 3.02. The van der Waals surface area contributed by atoms with E-state index in [0.717, 1.165) is 26.5 Å². The molecule has 3 aromatic rings. The summed E-state index contributed by atoms with van der Waals surface area (Å²) in [5.74, 6) is 0.815. The molecule has 0 atom stereocenters. The maximum Gasteiger partial charge on any atom is 0.162 e. The van der Waals surface area contributed by atoms with Gasteiger partial charge in [-0.15, -0.1) is 11.3 Å². The van der Waals surface area contributed by atoms with E-state index in [1.807, 2.05) is 24.3 Å². The van der Waals surface area contributed by atoms with Crippen LogP contribution in [0.2, 0.25) is 0 Å². The lowest BCUT2D eigenvalue weighted by Crippen LogP contribution is -1.94. The molecule has 0 aliphatic rings. The van der Waals surface area contributed by atoms with Crippen LogP contribution in [0.3, 0.4) is 0 Å². The third-order valence-electron chi connectivity index (χ3n) is 2.42. The van der Waals surface area contributed by atoms with Crippen molar-refractivity contribution in [2.75, 3.05) is 0 Å². The fourth-order valence-electron chi connectivity index (χ4n) is 1.61. The number of furan rings is 1. The summed E-state index contributed by atoms with van der Waals surface area (Å²) in [6.45, 7) is 0.545. The molecule has 0 aliphatic carbocycles. The number of benzene rings is 1. The predicted molar refractivity (Wildman–Crippen MR) is 65.2 cm³/mol. The van der Waals surface area contributed by atoms with Gasteiger partial charge in [0.2, 0.25) is 0 Å². The lowest BCUT2D eigenvalue weighted by molar-refractivity contribution is 0.582. The summed E-state index contributed by atoms with van der Waals surface area (Å²) < 4.78 is 6.49. The average molecular weight is 230 g/mol. The Kier molecular flexibility index (Phi) is 2.23. The molecule has 0 radical (unpaired) electrons. The number of hydrogen-bond donors (Lipinski definition) is 1. The molecule has 2 N–H and O–H groups in total. The molecule has 0 amide bonds. The highest BCUT2D eigenvalue weighted by atomic mass is 32.1. The summed E-state index contributed by atoms with van der Waals surface area (Å²) >= 11 is 1.63. The van der Waals surface area contributed by atoms with Crippen LogP contribution in [-0.2, 0) is 6.54 Å². The minimum absolute atomic E-state index is 0.545. The highest BCUT2D eigenvalue weighted by molar-refractivity contribution is 7.21. The Balaban J connectivity index is 2.16. The Hall–Kier alpha value is -1.65. The Morgan fingerprint density at radius 2 is 2.25 bits per heavy atom. The molecule has 4 heteroatoms. The monoisotopic (exact) mass is 230 g/mol. The second kappa shape index (κ2) is 3.73. The fourth-order valence-corrected chi connectivity index (χ4v) is 2.52. The maximum atomic E-state index is 5.60. The Bertz CT molecular complexity index is 613. The maximum absolute atomic E-state index is 5.60. The van der Waals surface area contributed by atoms with Gasteiger partial charge in [0.05, 0.1) is 16.5 Å². The third kappa shape index (κ3) is 1.52. The molecule has 0 saturated carbocycles. The Morgan fingerprint density at radius 1 is 1.31 bits per heavy atom. The molecule has 16 heavy (non-hydrogen) atoms. The van der Waals surface area contributed by atoms with Gasteiger partial charge in [0.25, 0.3) is 0 Å². The van der Waals surface area contributed by atoms with Crippen LogP contribution >= 0.6 is 11.3 Å². The van der Waals surface area contributed by atoms with Crippen molar-refractivity contribution < 1.29 is 4.42 Å². The fraction of sp³-hybridized carbons (Fsp3) is 0.0833. The van der Waals surface area contributed by atoms with Gasteiger partial charge in [0.15, 0.2) is 10.8 Å². The zero-order chi connectivity index (χ0) is 11.0. The highest BCUT2D eigenvalue weighted by Crippen LogP contribution is 2.30. The standard InChI is InChI=1S/C12H10N2OS/c13-7-8-3-4-11-9(6-8)14-12(16-11)10-2-1-5-15-10/h1-6H,7,13H2. The van der Waals surface area contributed by atoms with Crippen molar-refractivity contribution in [1.29, 1.82) is 0 Å². The molecule has 2 aromatic heterocycles. The molecule has 80 valence electrons. The zero-order valence-corrected chi connectivity index (χ0v) is 9.33. The number of aromatic nitrogens is 1. The number of rotatable bonds is 2. The van der Waals surface area contributed by atoms with Gasteiger partial charge in [-0.2, -0.15) is 0 Å². The van der Waals surface area contributed by atoms with Crippen molar-refractivity contribution in [3.63, 3.8) is 0 Å². The molecule has 3 rings (SSSR count). The van der Waals surface area contributed by atoms with Crippen molar-refractivity contribution in [3.05, 3.63) is 42.2 Å². The lowest BCUT2D eigenvalue weighted by atomic mass is 10.2. The van der Waals surface area contributed by atoms with Crippen molar-refractivity contribution in [2.24, 2.45) is 5.73 Å². The van der Waals surface area contributed by atoms with E-state index in [0.29, 0.717) is 6.54 Å². The first kappa shape index (κ1) is 9.57. The first-order chi connectivity index (χ1) is 7.86. The zero-order valence-electron chi connectivity index (χ0n) is 8.51. The minimum Gasteiger partial charge on any atom is -0.462 e. The van der Waals surface area contributed by atoms with Gasteiger partial charge in [-0.1, -0.05) is 6.07 Å². The van der Waals surface area contributed by atoms with Gasteiger partial charge >= 0.3 is 0 Å². The number of nitrogens with two attached hydrogens (primary N) is 1. The van der Waals surface area contributed by atoms with Crippen molar-refractivity contribution in [3.8, 4) is 10.8 Å². The molecule has 0 saturated heterocycles. The molecule has 0 aliphatic heterocycles. The topological polar surface area (TPSA) is 52.0 Å². The van der Waals surface area contributed by atoms with Gasteiger partial charge in [-0.05, 0) is 29.8 Å². The number of hydrogen-bond acceptors (Lipinski definition) is 4. The van der Waals surface area contributed by atoms with Crippen LogP contribution < -0.4 is 5.73 Å². The summed E-state index contributed by atoms with van der Waals surface area (Å²) in [6, 6.07) is 9.90. The van der Waals surface area contributed by atoms with Crippen LogP contribution in [0, 0.1) is 0 Å². The summed E-state index contributed by atoms with van der Waals surface area (Å²) in [6.07, 6.45) is 1.66. The average Bonchev–Trinajstić information content (AvgIpc) is 2.96. The second-order valence-corrected chi connectivity index (χ2v) is 4.53. The largest absolute Gasteiger partial charge is 0.462 e. The van der Waals surface area contributed by atoms with Crippen LogP contribution in [0.25, 0.3) is 21.0 Å². The van der Waals surface area contributed by atoms with Crippen LogP contribution in [-0.4, -0.2) is 4.98 Å².